The molecule has 33 heavy (non-hydrogen) atoms. The van der Waals surface area contributed by atoms with Gasteiger partial charge in [-0.2, -0.15) is 0 Å². The number of rotatable bonds is 5. The lowest BCUT2D eigenvalue weighted by Crippen LogP contribution is -2.40. The number of amides is 1. The molecule has 3 fully saturated rings. The van der Waals surface area contributed by atoms with Gasteiger partial charge in [-0.3, -0.25) is 9.52 Å². The molecule has 9 heteroatoms. The molecule has 184 valence electrons. The molecule has 0 aromatic heterocycles. The van der Waals surface area contributed by atoms with Crippen molar-refractivity contribution >= 4 is 41.1 Å². The number of hydrogen-bond donors (Lipinski definition) is 2. The smallest absolute Gasteiger partial charge is 0.254 e. The molecular formula is C24H34Cl2N2O4S. The van der Waals surface area contributed by atoms with Crippen LogP contribution in [-0.2, 0) is 14.3 Å². The Hall–Kier alpha value is -0.700. The van der Waals surface area contributed by atoms with E-state index in [9.17, 15) is 9.90 Å². The summed E-state index contributed by atoms with van der Waals surface area (Å²) in [7, 11) is 0. The first kappa shape index (κ1) is 25.4. The quantitative estimate of drug-likeness (QED) is 0.509. The predicted octanol–water partition coefficient (Wildman–Crippen LogP) is 5.41. The molecule has 6 nitrogen and oxygen atoms in total. The van der Waals surface area contributed by atoms with Crippen molar-refractivity contribution < 1.29 is 19.4 Å². The molecule has 2 aliphatic heterocycles. The number of halogens is 2. The zero-order valence-electron chi connectivity index (χ0n) is 19.9. The highest BCUT2D eigenvalue weighted by atomic mass is 35.5. The molecule has 0 bridgehead atoms. The number of fused-ring (bicyclic) bond motifs is 1. The maximum Gasteiger partial charge on any atom is 0.254 e. The van der Waals surface area contributed by atoms with Gasteiger partial charge in [0.05, 0.1) is 16.7 Å². The van der Waals surface area contributed by atoms with E-state index >= 15 is 0 Å². The van der Waals surface area contributed by atoms with E-state index in [1.54, 1.807) is 18.0 Å². The average Bonchev–Trinajstić information content (AvgIpc) is 3.37. The summed E-state index contributed by atoms with van der Waals surface area (Å²) < 4.78 is 15.0. The lowest BCUT2D eigenvalue weighted by Gasteiger charge is -2.30. The van der Waals surface area contributed by atoms with Crippen molar-refractivity contribution in [2.45, 2.75) is 70.1 Å². The number of nitrogens with zero attached hydrogens (tertiary/aromatic N) is 1. The van der Waals surface area contributed by atoms with Crippen molar-refractivity contribution in [1.82, 2.24) is 9.62 Å². The van der Waals surface area contributed by atoms with E-state index in [1.165, 1.54) is 6.07 Å². The third-order valence-electron chi connectivity index (χ3n) is 6.75. The predicted molar refractivity (Wildman–Crippen MR) is 133 cm³/mol. The molecule has 2 N–H and O–H groups in total. The highest BCUT2D eigenvalue weighted by molar-refractivity contribution is 7.98. The number of ether oxygens (including phenoxy) is 2. The zero-order valence-corrected chi connectivity index (χ0v) is 22.2. The number of benzene rings is 1. The fraction of sp³-hybridized carbons (Fsp3) is 0.708. The molecule has 2 heterocycles. The normalized spacial score (nSPS) is 30.0. The standard InChI is InChI=1S/C24H34Cl2N2O4S/c1-23(2,3)33-27-21(16-8-17(25)18(26)9-19(16)29)13-6-14-10-28(11-15(14)7-13)22(30)20-12-31-24(4,5)32-20/h8-9,13-15,20-21,27,29H,6-7,10-12H2,1-5H3. The van der Waals surface area contributed by atoms with Gasteiger partial charge in [0.25, 0.3) is 5.91 Å². The van der Waals surface area contributed by atoms with Crippen molar-refractivity contribution in [1.29, 1.82) is 0 Å². The molecule has 3 aliphatic rings. The number of carbonyl (C=O) groups excluding carboxylic acids is 1. The van der Waals surface area contributed by atoms with Crippen molar-refractivity contribution in [3.05, 3.63) is 27.7 Å². The molecule has 0 spiro atoms. The summed E-state index contributed by atoms with van der Waals surface area (Å²) in [5, 5.41) is 11.5. The van der Waals surface area contributed by atoms with Gasteiger partial charge >= 0.3 is 0 Å². The highest BCUT2D eigenvalue weighted by Gasteiger charge is 2.48. The SMILES string of the molecule is CC1(C)OCC(C(=O)N2CC3CC(C(NSC(C)(C)C)c4cc(Cl)c(Cl)cc4O)CC3C2)O1. The van der Waals surface area contributed by atoms with Gasteiger partial charge in [0.1, 0.15) is 5.75 Å². The lowest BCUT2D eigenvalue weighted by atomic mass is 9.90. The minimum atomic E-state index is -0.702. The Morgan fingerprint density at radius 1 is 1.21 bits per heavy atom. The van der Waals surface area contributed by atoms with Crippen molar-refractivity contribution in [2.75, 3.05) is 19.7 Å². The van der Waals surface area contributed by atoms with Gasteiger partial charge in [0, 0.05) is 35.5 Å². The Kier molecular flexibility index (Phi) is 7.23. The molecule has 1 amide bonds. The molecule has 4 unspecified atom stereocenters. The second-order valence-electron chi connectivity index (χ2n) is 10.9. The number of likely N-dealkylation sites (tertiary alicyclic amines) is 1. The summed E-state index contributed by atoms with van der Waals surface area (Å²) in [5.41, 5.74) is 0.776. The third kappa shape index (κ3) is 5.76. The van der Waals surface area contributed by atoms with Crippen LogP contribution >= 0.6 is 35.1 Å². The van der Waals surface area contributed by atoms with E-state index in [-0.39, 0.29) is 22.4 Å². The van der Waals surface area contributed by atoms with E-state index in [4.69, 9.17) is 32.7 Å². The number of phenolic OH excluding ortho intramolecular Hbond substituents is 1. The molecule has 0 radical (unpaired) electrons. The largest absolute Gasteiger partial charge is 0.508 e. The number of aromatic hydroxyl groups is 1. The molecule has 1 aliphatic carbocycles. The molecular weight excluding hydrogens is 483 g/mol. The Morgan fingerprint density at radius 2 is 1.82 bits per heavy atom. The van der Waals surface area contributed by atoms with Gasteiger partial charge in [-0.05, 0) is 71.3 Å². The van der Waals surface area contributed by atoms with E-state index in [0.717, 1.165) is 31.5 Å². The fourth-order valence-electron chi connectivity index (χ4n) is 5.27. The van der Waals surface area contributed by atoms with Crippen LogP contribution in [0.2, 0.25) is 10.0 Å². The second kappa shape index (κ2) is 9.40. The number of phenols is 1. The topological polar surface area (TPSA) is 71.0 Å². The fourth-order valence-corrected chi connectivity index (χ4v) is 6.40. The van der Waals surface area contributed by atoms with Crippen LogP contribution in [0.5, 0.6) is 5.75 Å². The van der Waals surface area contributed by atoms with Gasteiger partial charge < -0.3 is 19.5 Å². The monoisotopic (exact) mass is 516 g/mol. The van der Waals surface area contributed by atoms with Gasteiger partial charge in [0.2, 0.25) is 0 Å². The number of carbonyl (C=O) groups is 1. The van der Waals surface area contributed by atoms with Crippen LogP contribution in [0.25, 0.3) is 0 Å². The first-order valence-electron chi connectivity index (χ1n) is 11.5. The van der Waals surface area contributed by atoms with Crippen LogP contribution in [0.4, 0.5) is 0 Å². The summed E-state index contributed by atoms with van der Waals surface area (Å²) in [6.07, 6.45) is 1.44. The summed E-state index contributed by atoms with van der Waals surface area (Å²) >= 11 is 14.1. The maximum atomic E-state index is 13.0. The second-order valence-corrected chi connectivity index (χ2v) is 13.4. The minimum absolute atomic E-state index is 0.0128. The number of nitrogens with one attached hydrogen (secondary N) is 1. The average molecular weight is 518 g/mol. The zero-order chi connectivity index (χ0) is 24.1. The van der Waals surface area contributed by atoms with Crippen LogP contribution in [0.3, 0.4) is 0 Å². The van der Waals surface area contributed by atoms with Crippen LogP contribution in [0, 0.1) is 17.8 Å². The van der Waals surface area contributed by atoms with E-state index in [2.05, 4.69) is 25.5 Å². The van der Waals surface area contributed by atoms with E-state index in [1.807, 2.05) is 18.7 Å². The minimum Gasteiger partial charge on any atom is -0.508 e. The number of hydrogen-bond acceptors (Lipinski definition) is 6. The van der Waals surface area contributed by atoms with Crippen LogP contribution in [-0.4, -0.2) is 52.2 Å². The first-order chi connectivity index (χ1) is 15.3. The molecule has 4 rings (SSSR count). The third-order valence-corrected chi connectivity index (χ3v) is 8.46. The molecule has 1 saturated carbocycles. The molecule has 4 atom stereocenters. The lowest BCUT2D eigenvalue weighted by molar-refractivity contribution is -0.159. The van der Waals surface area contributed by atoms with Crippen molar-refractivity contribution in [2.24, 2.45) is 17.8 Å². The Labute approximate surface area is 210 Å². The highest BCUT2D eigenvalue weighted by Crippen LogP contribution is 2.49. The Morgan fingerprint density at radius 3 is 2.36 bits per heavy atom. The molecule has 1 aromatic carbocycles. The van der Waals surface area contributed by atoms with Gasteiger partial charge in [-0.15, -0.1) is 0 Å². The van der Waals surface area contributed by atoms with Crippen LogP contribution < -0.4 is 4.72 Å². The molecule has 2 saturated heterocycles. The summed E-state index contributed by atoms with van der Waals surface area (Å²) in [5.74, 6) is 0.677. The van der Waals surface area contributed by atoms with Crippen molar-refractivity contribution in [3.63, 3.8) is 0 Å². The van der Waals surface area contributed by atoms with Gasteiger partial charge in [-0.1, -0.05) is 35.1 Å². The molecule has 1 aromatic rings. The summed E-state index contributed by atoms with van der Waals surface area (Å²) in [6.45, 7) is 11.9. The first-order valence-corrected chi connectivity index (χ1v) is 13.1. The van der Waals surface area contributed by atoms with Gasteiger partial charge in [0.15, 0.2) is 11.9 Å². The van der Waals surface area contributed by atoms with Crippen molar-refractivity contribution in [3.8, 4) is 5.75 Å². The van der Waals surface area contributed by atoms with E-state index in [0.29, 0.717) is 34.4 Å². The Bertz CT molecular complexity index is 893. The summed E-state index contributed by atoms with van der Waals surface area (Å²) in [6, 6.07) is 3.24. The Balaban J connectivity index is 1.46. The maximum absolute atomic E-state index is 13.0. The van der Waals surface area contributed by atoms with E-state index < -0.39 is 11.9 Å². The van der Waals surface area contributed by atoms with Gasteiger partial charge in [-0.25, -0.2) is 0 Å². The van der Waals surface area contributed by atoms with Crippen LogP contribution in [0.15, 0.2) is 12.1 Å². The summed E-state index contributed by atoms with van der Waals surface area (Å²) in [4.78, 5) is 14.9. The van der Waals surface area contributed by atoms with Crippen LogP contribution in [0.1, 0.15) is 59.1 Å².